The highest BCUT2D eigenvalue weighted by molar-refractivity contribution is 5.47. The quantitative estimate of drug-likeness (QED) is 0.710. The van der Waals surface area contributed by atoms with E-state index >= 15 is 0 Å². The van der Waals surface area contributed by atoms with Crippen molar-refractivity contribution in [1.29, 1.82) is 0 Å². The molecule has 0 fully saturated rings. The van der Waals surface area contributed by atoms with Gasteiger partial charge in [0.1, 0.15) is 0 Å². The Bertz CT molecular complexity index is 786. The molecular formula is C19H18N2. The van der Waals surface area contributed by atoms with E-state index < -0.39 is 0 Å². The van der Waals surface area contributed by atoms with Crippen molar-refractivity contribution in [2.24, 2.45) is 0 Å². The van der Waals surface area contributed by atoms with Crippen LogP contribution in [0.2, 0.25) is 0 Å². The molecule has 21 heavy (non-hydrogen) atoms. The predicted molar refractivity (Wildman–Crippen MR) is 85.6 cm³/mol. The molecule has 0 radical (unpaired) electrons. The molecule has 1 aromatic heterocycles. The first-order chi connectivity index (χ1) is 10.3. The molecule has 0 saturated carbocycles. The van der Waals surface area contributed by atoms with E-state index in [4.69, 9.17) is 0 Å². The fourth-order valence-corrected chi connectivity index (χ4v) is 3.20. The van der Waals surface area contributed by atoms with Crippen molar-refractivity contribution >= 4 is 0 Å². The third kappa shape index (κ3) is 2.08. The Morgan fingerprint density at radius 3 is 2.81 bits per heavy atom. The van der Waals surface area contributed by atoms with Crippen molar-refractivity contribution in [3.8, 4) is 5.69 Å². The molecule has 1 aliphatic heterocycles. The third-order valence-electron chi connectivity index (χ3n) is 4.20. The second kappa shape index (κ2) is 4.90. The lowest BCUT2D eigenvalue weighted by Gasteiger charge is -2.18. The van der Waals surface area contributed by atoms with E-state index in [0.717, 1.165) is 6.54 Å². The van der Waals surface area contributed by atoms with E-state index in [1.165, 1.54) is 28.1 Å². The second-order valence-electron chi connectivity index (χ2n) is 5.66. The number of nitrogens with zero attached hydrogens (tertiary/aromatic N) is 1. The molecule has 0 saturated heterocycles. The van der Waals surface area contributed by atoms with E-state index in [9.17, 15) is 0 Å². The summed E-state index contributed by atoms with van der Waals surface area (Å²) in [5.74, 6) is 0. The predicted octanol–water partition coefficient (Wildman–Crippen LogP) is 3.98. The highest BCUT2D eigenvalue weighted by atomic mass is 15.1. The van der Waals surface area contributed by atoms with Gasteiger partial charge in [-0.15, -0.1) is 0 Å². The molecule has 3 aromatic rings. The zero-order valence-corrected chi connectivity index (χ0v) is 12.1. The topological polar surface area (TPSA) is 17.0 Å². The van der Waals surface area contributed by atoms with Crippen molar-refractivity contribution in [2.45, 2.75) is 19.5 Å². The Morgan fingerprint density at radius 2 is 1.90 bits per heavy atom. The zero-order valence-electron chi connectivity index (χ0n) is 12.1. The lowest BCUT2D eigenvalue weighted by Crippen LogP contribution is -2.21. The van der Waals surface area contributed by atoms with Gasteiger partial charge in [0.05, 0.1) is 6.04 Å². The molecule has 1 atom stereocenters. The molecule has 4 rings (SSSR count). The Kier molecular flexibility index (Phi) is 2.90. The summed E-state index contributed by atoms with van der Waals surface area (Å²) in [6.45, 7) is 3.03. The number of fused-ring (bicyclic) bond motifs is 3. The maximum atomic E-state index is 3.70. The molecule has 0 amide bonds. The Labute approximate surface area is 125 Å². The summed E-state index contributed by atoms with van der Waals surface area (Å²) >= 11 is 0. The number of hydrogen-bond acceptors (Lipinski definition) is 1. The van der Waals surface area contributed by atoms with Gasteiger partial charge in [0.25, 0.3) is 0 Å². The third-order valence-corrected chi connectivity index (χ3v) is 4.20. The molecule has 2 heterocycles. The molecular weight excluding hydrogens is 256 g/mol. The molecule has 104 valence electrons. The number of aromatic nitrogens is 1. The molecule has 0 aliphatic carbocycles. The maximum absolute atomic E-state index is 3.70. The Hall–Kier alpha value is -2.32. The number of aryl methyl sites for hydroxylation is 1. The van der Waals surface area contributed by atoms with Gasteiger partial charge in [0, 0.05) is 24.1 Å². The Morgan fingerprint density at radius 1 is 1.00 bits per heavy atom. The largest absolute Gasteiger partial charge is 0.319 e. The van der Waals surface area contributed by atoms with Crippen LogP contribution in [0.25, 0.3) is 5.69 Å². The summed E-state index contributed by atoms with van der Waals surface area (Å²) in [6.07, 6.45) is 2.16. The van der Waals surface area contributed by atoms with Gasteiger partial charge in [-0.05, 0) is 36.2 Å². The fourth-order valence-electron chi connectivity index (χ4n) is 3.20. The number of nitrogens with one attached hydrogen (secondary N) is 1. The average molecular weight is 274 g/mol. The number of hydrogen-bond donors (Lipinski definition) is 1. The van der Waals surface area contributed by atoms with Crippen molar-refractivity contribution < 1.29 is 0 Å². The minimum atomic E-state index is 0.229. The van der Waals surface area contributed by atoms with Crippen LogP contribution in [-0.2, 0) is 6.54 Å². The van der Waals surface area contributed by atoms with Crippen molar-refractivity contribution in [1.82, 2.24) is 9.88 Å². The van der Waals surface area contributed by atoms with E-state index in [1.807, 2.05) is 0 Å². The van der Waals surface area contributed by atoms with E-state index in [-0.39, 0.29) is 6.04 Å². The van der Waals surface area contributed by atoms with Gasteiger partial charge in [-0.25, -0.2) is 0 Å². The van der Waals surface area contributed by atoms with Crippen molar-refractivity contribution in [2.75, 3.05) is 0 Å². The van der Waals surface area contributed by atoms with Crippen LogP contribution in [0.5, 0.6) is 0 Å². The summed E-state index contributed by atoms with van der Waals surface area (Å²) in [5, 5.41) is 3.70. The van der Waals surface area contributed by atoms with Gasteiger partial charge >= 0.3 is 0 Å². The smallest absolute Gasteiger partial charge is 0.0737 e. The van der Waals surface area contributed by atoms with Crippen LogP contribution in [0, 0.1) is 6.92 Å². The molecule has 2 nitrogen and oxygen atoms in total. The van der Waals surface area contributed by atoms with Gasteiger partial charge in [-0.2, -0.15) is 0 Å². The Balaban J connectivity index is 1.87. The SMILES string of the molecule is Cc1cccc(C2NCc3ccccc3-n3cccc32)c1. The van der Waals surface area contributed by atoms with Crippen LogP contribution in [0.1, 0.15) is 28.4 Å². The van der Waals surface area contributed by atoms with Gasteiger partial charge < -0.3 is 9.88 Å². The van der Waals surface area contributed by atoms with E-state index in [0.29, 0.717) is 0 Å². The molecule has 0 spiro atoms. The van der Waals surface area contributed by atoms with Crippen molar-refractivity contribution in [3.05, 3.63) is 89.2 Å². The molecule has 2 heteroatoms. The monoisotopic (exact) mass is 274 g/mol. The molecule has 1 aliphatic rings. The van der Waals surface area contributed by atoms with Crippen LogP contribution in [0.4, 0.5) is 0 Å². The summed E-state index contributed by atoms with van der Waals surface area (Å²) in [4.78, 5) is 0. The summed E-state index contributed by atoms with van der Waals surface area (Å²) in [6, 6.07) is 21.9. The van der Waals surface area contributed by atoms with Crippen LogP contribution >= 0.6 is 0 Å². The van der Waals surface area contributed by atoms with E-state index in [2.05, 4.69) is 83.7 Å². The van der Waals surface area contributed by atoms with Gasteiger partial charge in [-0.1, -0.05) is 48.0 Å². The fraction of sp³-hybridized carbons (Fsp3) is 0.158. The summed E-state index contributed by atoms with van der Waals surface area (Å²) < 4.78 is 2.31. The number of para-hydroxylation sites is 1. The van der Waals surface area contributed by atoms with E-state index in [1.54, 1.807) is 0 Å². The van der Waals surface area contributed by atoms with Crippen LogP contribution < -0.4 is 5.32 Å². The highest BCUT2D eigenvalue weighted by Crippen LogP contribution is 2.30. The molecule has 0 bridgehead atoms. The highest BCUT2D eigenvalue weighted by Gasteiger charge is 2.22. The zero-order chi connectivity index (χ0) is 14.2. The average Bonchev–Trinajstić information content (AvgIpc) is 2.92. The molecule has 1 N–H and O–H groups in total. The normalized spacial score (nSPS) is 16.9. The summed E-state index contributed by atoms with van der Waals surface area (Å²) in [5.41, 5.74) is 6.53. The maximum Gasteiger partial charge on any atom is 0.0737 e. The first kappa shape index (κ1) is 12.4. The lowest BCUT2D eigenvalue weighted by atomic mass is 10.0. The van der Waals surface area contributed by atoms with Crippen molar-refractivity contribution in [3.63, 3.8) is 0 Å². The minimum Gasteiger partial charge on any atom is -0.319 e. The first-order valence-electron chi connectivity index (χ1n) is 7.38. The minimum absolute atomic E-state index is 0.229. The standard InChI is InChI=1S/C19H18N2/c1-14-6-4-8-15(12-14)19-18-10-5-11-21(18)17-9-3-2-7-16(17)13-20-19/h2-12,19-20H,13H2,1H3. The first-order valence-corrected chi connectivity index (χ1v) is 7.38. The second-order valence-corrected chi connectivity index (χ2v) is 5.66. The lowest BCUT2D eigenvalue weighted by molar-refractivity contribution is 0.600. The summed E-state index contributed by atoms with van der Waals surface area (Å²) in [7, 11) is 0. The van der Waals surface area contributed by atoms with Gasteiger partial charge in [0.15, 0.2) is 0 Å². The van der Waals surface area contributed by atoms with Gasteiger partial charge in [0.2, 0.25) is 0 Å². The number of rotatable bonds is 1. The van der Waals surface area contributed by atoms with Crippen LogP contribution in [-0.4, -0.2) is 4.57 Å². The molecule has 2 aromatic carbocycles. The van der Waals surface area contributed by atoms with Crippen LogP contribution in [0.3, 0.4) is 0 Å². The number of benzene rings is 2. The molecule has 1 unspecified atom stereocenters. The van der Waals surface area contributed by atoms with Gasteiger partial charge in [-0.3, -0.25) is 0 Å². The van der Waals surface area contributed by atoms with Crippen LogP contribution in [0.15, 0.2) is 66.9 Å².